The molecule has 7 heteroatoms. The highest BCUT2D eigenvalue weighted by Gasteiger charge is 2.31. The average Bonchev–Trinajstić information content (AvgIpc) is 3.12. The summed E-state index contributed by atoms with van der Waals surface area (Å²) in [5, 5.41) is 2.75. The number of amides is 2. The Kier molecular flexibility index (Phi) is 5.33. The summed E-state index contributed by atoms with van der Waals surface area (Å²) >= 11 is 1.66. The molecule has 1 fully saturated rings. The molecule has 2 amide bonds. The molecule has 5 nitrogen and oxygen atoms in total. The number of nitrogens with one attached hydrogen (secondary N) is 1. The van der Waals surface area contributed by atoms with Gasteiger partial charge in [0.15, 0.2) is 0 Å². The molecule has 0 aromatic heterocycles. The molecular weight excluding hydrogens is 343 g/mol. The summed E-state index contributed by atoms with van der Waals surface area (Å²) < 4.78 is 23.6. The van der Waals surface area contributed by atoms with E-state index in [1.165, 1.54) is 19.2 Å². The monoisotopic (exact) mass is 362 g/mol. The van der Waals surface area contributed by atoms with Gasteiger partial charge in [-0.2, -0.15) is 0 Å². The summed E-state index contributed by atoms with van der Waals surface area (Å²) in [7, 11) is 3.11. The molecule has 2 aromatic carbocycles. The molecule has 1 aliphatic heterocycles. The molecule has 2 aromatic rings. The van der Waals surface area contributed by atoms with E-state index >= 15 is 0 Å². The Morgan fingerprint density at radius 2 is 1.96 bits per heavy atom. The van der Waals surface area contributed by atoms with Crippen LogP contribution in [0.4, 0.5) is 14.9 Å². The van der Waals surface area contributed by atoms with Crippen molar-refractivity contribution in [3.05, 3.63) is 53.8 Å². The van der Waals surface area contributed by atoms with Crippen LogP contribution < -0.4 is 14.8 Å². The summed E-state index contributed by atoms with van der Waals surface area (Å²) in [4.78, 5) is 14.5. The maximum absolute atomic E-state index is 13.1. The molecule has 132 valence electrons. The maximum atomic E-state index is 13.1. The predicted molar refractivity (Wildman–Crippen MR) is 96.9 cm³/mol. The van der Waals surface area contributed by atoms with E-state index in [0.29, 0.717) is 23.7 Å². The quantitative estimate of drug-likeness (QED) is 0.889. The number of anilines is 1. The number of hydrogen-bond donors (Lipinski definition) is 1. The van der Waals surface area contributed by atoms with E-state index < -0.39 is 0 Å². The number of carbonyl (C=O) groups is 1. The van der Waals surface area contributed by atoms with E-state index in [0.717, 1.165) is 11.3 Å². The molecule has 0 aliphatic carbocycles. The third-order valence-corrected chi connectivity index (χ3v) is 5.22. The first-order chi connectivity index (χ1) is 12.1. The van der Waals surface area contributed by atoms with Crippen molar-refractivity contribution in [1.82, 2.24) is 4.90 Å². The highest BCUT2D eigenvalue weighted by Crippen LogP contribution is 2.38. The molecule has 0 radical (unpaired) electrons. The van der Waals surface area contributed by atoms with Crippen LogP contribution in [0.2, 0.25) is 0 Å². The second kappa shape index (κ2) is 7.65. The van der Waals surface area contributed by atoms with E-state index in [4.69, 9.17) is 9.47 Å². The molecule has 25 heavy (non-hydrogen) atoms. The van der Waals surface area contributed by atoms with Crippen molar-refractivity contribution in [3.8, 4) is 11.5 Å². The van der Waals surface area contributed by atoms with Gasteiger partial charge >= 0.3 is 6.03 Å². The number of thioether (sulfide) groups is 1. The standard InChI is InChI=1S/C18H19FN2O3S/c1-23-14-7-8-15(16(11-14)24-2)20-18(22)21-9-10-25-17(21)12-3-5-13(19)6-4-12/h3-8,11,17H,9-10H2,1-2H3,(H,20,22). The van der Waals surface area contributed by atoms with E-state index in [2.05, 4.69) is 5.32 Å². The lowest BCUT2D eigenvalue weighted by molar-refractivity contribution is 0.214. The van der Waals surface area contributed by atoms with Gasteiger partial charge in [-0.25, -0.2) is 9.18 Å². The topological polar surface area (TPSA) is 50.8 Å². The SMILES string of the molecule is COc1ccc(NC(=O)N2CCSC2c2ccc(F)cc2)c(OC)c1. The third kappa shape index (κ3) is 3.82. The molecule has 1 atom stereocenters. The second-order valence-electron chi connectivity index (χ2n) is 5.46. The Labute approximate surface area is 150 Å². The summed E-state index contributed by atoms with van der Waals surface area (Å²) in [6, 6.07) is 11.3. The Morgan fingerprint density at radius 3 is 2.64 bits per heavy atom. The zero-order valence-electron chi connectivity index (χ0n) is 14.0. The van der Waals surface area contributed by atoms with Crippen LogP contribution in [0.3, 0.4) is 0 Å². The zero-order valence-corrected chi connectivity index (χ0v) is 14.8. The Bertz CT molecular complexity index is 754. The fraction of sp³-hybridized carbons (Fsp3) is 0.278. The minimum absolute atomic E-state index is 0.134. The number of halogens is 1. The number of benzene rings is 2. The van der Waals surface area contributed by atoms with Crippen LogP contribution in [-0.2, 0) is 0 Å². The van der Waals surface area contributed by atoms with Gasteiger partial charge in [-0.1, -0.05) is 12.1 Å². The smallest absolute Gasteiger partial charge is 0.323 e. The third-order valence-electron chi connectivity index (χ3n) is 3.96. The highest BCUT2D eigenvalue weighted by atomic mass is 32.2. The van der Waals surface area contributed by atoms with Gasteiger partial charge in [-0.3, -0.25) is 0 Å². The summed E-state index contributed by atoms with van der Waals surface area (Å²) in [5.41, 5.74) is 1.48. The first kappa shape index (κ1) is 17.4. The van der Waals surface area contributed by atoms with E-state index in [9.17, 15) is 9.18 Å². The van der Waals surface area contributed by atoms with Crippen molar-refractivity contribution in [2.45, 2.75) is 5.37 Å². The van der Waals surface area contributed by atoms with Gasteiger partial charge < -0.3 is 19.7 Å². The number of nitrogens with zero attached hydrogens (tertiary/aromatic N) is 1. The van der Waals surface area contributed by atoms with Crippen molar-refractivity contribution in [3.63, 3.8) is 0 Å². The van der Waals surface area contributed by atoms with Crippen molar-refractivity contribution in [2.75, 3.05) is 31.8 Å². The normalized spacial score (nSPS) is 16.6. The number of methoxy groups -OCH3 is 2. The van der Waals surface area contributed by atoms with Crippen molar-refractivity contribution in [1.29, 1.82) is 0 Å². The minimum Gasteiger partial charge on any atom is -0.497 e. The predicted octanol–water partition coefficient (Wildman–Crippen LogP) is 4.12. The summed E-state index contributed by atoms with van der Waals surface area (Å²) in [6.45, 7) is 0.622. The Hall–Kier alpha value is -2.41. The number of hydrogen-bond acceptors (Lipinski definition) is 4. The van der Waals surface area contributed by atoms with Crippen molar-refractivity contribution < 1.29 is 18.7 Å². The van der Waals surface area contributed by atoms with Gasteiger partial charge in [-0.15, -0.1) is 11.8 Å². The highest BCUT2D eigenvalue weighted by molar-refractivity contribution is 7.99. The molecule has 1 heterocycles. The number of carbonyl (C=O) groups excluding carboxylic acids is 1. The number of urea groups is 1. The fourth-order valence-electron chi connectivity index (χ4n) is 2.67. The minimum atomic E-state index is -0.286. The van der Waals surface area contributed by atoms with Gasteiger partial charge in [0, 0.05) is 18.4 Å². The summed E-state index contributed by atoms with van der Waals surface area (Å²) in [5.74, 6) is 1.72. The van der Waals surface area contributed by atoms with Crippen LogP contribution in [0.5, 0.6) is 11.5 Å². The molecule has 0 spiro atoms. The second-order valence-corrected chi connectivity index (χ2v) is 6.65. The Morgan fingerprint density at radius 1 is 1.20 bits per heavy atom. The van der Waals surface area contributed by atoms with Crippen molar-refractivity contribution in [2.24, 2.45) is 0 Å². The molecule has 1 N–H and O–H groups in total. The first-order valence-electron chi connectivity index (χ1n) is 7.79. The van der Waals surface area contributed by atoms with Gasteiger partial charge in [0.1, 0.15) is 22.7 Å². The van der Waals surface area contributed by atoms with Crippen molar-refractivity contribution >= 4 is 23.5 Å². The molecule has 3 rings (SSSR count). The number of ether oxygens (including phenoxy) is 2. The molecular formula is C18H19FN2O3S. The molecule has 0 saturated carbocycles. The molecule has 0 bridgehead atoms. The molecule has 1 aliphatic rings. The lowest BCUT2D eigenvalue weighted by Crippen LogP contribution is -2.34. The van der Waals surface area contributed by atoms with Gasteiger partial charge in [-0.05, 0) is 29.8 Å². The van der Waals surface area contributed by atoms with Crippen LogP contribution in [0, 0.1) is 5.82 Å². The zero-order chi connectivity index (χ0) is 17.8. The van der Waals surface area contributed by atoms with Gasteiger partial charge in [0.2, 0.25) is 0 Å². The largest absolute Gasteiger partial charge is 0.497 e. The van der Waals surface area contributed by atoms with E-state index in [1.54, 1.807) is 54.1 Å². The van der Waals surface area contributed by atoms with Crippen LogP contribution in [0.15, 0.2) is 42.5 Å². The summed E-state index contributed by atoms with van der Waals surface area (Å²) in [6.07, 6.45) is 0. The first-order valence-corrected chi connectivity index (χ1v) is 8.84. The van der Waals surface area contributed by atoms with Crippen LogP contribution in [0.25, 0.3) is 0 Å². The number of rotatable bonds is 4. The molecule has 1 unspecified atom stereocenters. The average molecular weight is 362 g/mol. The molecule has 1 saturated heterocycles. The van der Waals surface area contributed by atoms with Gasteiger partial charge in [0.05, 0.1) is 19.9 Å². The van der Waals surface area contributed by atoms with Gasteiger partial charge in [0.25, 0.3) is 0 Å². The fourth-order valence-corrected chi connectivity index (χ4v) is 3.93. The van der Waals surface area contributed by atoms with E-state index in [-0.39, 0.29) is 17.2 Å². The lowest BCUT2D eigenvalue weighted by atomic mass is 10.2. The van der Waals surface area contributed by atoms with E-state index in [1.807, 2.05) is 0 Å². The lowest BCUT2D eigenvalue weighted by Gasteiger charge is -2.25. The maximum Gasteiger partial charge on any atom is 0.323 e. The Balaban J connectivity index is 1.77. The van der Waals surface area contributed by atoms with Crippen LogP contribution in [0.1, 0.15) is 10.9 Å². The van der Waals surface area contributed by atoms with Crippen LogP contribution in [-0.4, -0.2) is 37.4 Å². The van der Waals surface area contributed by atoms with Crippen LogP contribution >= 0.6 is 11.8 Å².